The fourth-order valence-corrected chi connectivity index (χ4v) is 5.68. The van der Waals surface area contributed by atoms with E-state index in [1.807, 2.05) is 20.0 Å². The predicted molar refractivity (Wildman–Crippen MR) is 129 cm³/mol. The number of nitrogens with zero attached hydrogens (tertiary/aromatic N) is 4. The van der Waals surface area contributed by atoms with Gasteiger partial charge in [0.2, 0.25) is 0 Å². The third-order valence-electron chi connectivity index (χ3n) is 7.91. The van der Waals surface area contributed by atoms with Gasteiger partial charge in [-0.25, -0.2) is 4.98 Å². The first kappa shape index (κ1) is 24.9. The van der Waals surface area contributed by atoms with Gasteiger partial charge in [0.25, 0.3) is 0 Å². The van der Waals surface area contributed by atoms with E-state index in [0.29, 0.717) is 35.6 Å². The minimum Gasteiger partial charge on any atom is -0.384 e. The van der Waals surface area contributed by atoms with Crippen molar-refractivity contribution in [3.05, 3.63) is 77.6 Å². The van der Waals surface area contributed by atoms with Crippen LogP contribution in [0.2, 0.25) is 0 Å². The minimum atomic E-state index is -4.29. The third-order valence-corrected chi connectivity index (χ3v) is 7.91. The zero-order chi connectivity index (χ0) is 26.1. The molecule has 6 nitrogen and oxygen atoms in total. The van der Waals surface area contributed by atoms with Crippen LogP contribution in [0.15, 0.2) is 55.2 Å². The van der Waals surface area contributed by atoms with Crippen molar-refractivity contribution in [2.75, 3.05) is 20.1 Å². The summed E-state index contributed by atoms with van der Waals surface area (Å²) >= 11 is 0. The highest BCUT2D eigenvalue weighted by Crippen LogP contribution is 2.59. The molecular weight excluding hydrogens is 469 g/mol. The predicted octanol–water partition coefficient (Wildman–Crippen LogP) is 4.28. The largest absolute Gasteiger partial charge is 0.398 e. The molecule has 1 aliphatic carbocycles. The summed E-state index contributed by atoms with van der Waals surface area (Å²) in [7, 11) is 1.96. The number of aliphatic hydroxyl groups is 2. The Morgan fingerprint density at radius 2 is 1.61 bits per heavy atom. The van der Waals surface area contributed by atoms with Crippen molar-refractivity contribution in [2.24, 2.45) is 5.41 Å². The van der Waals surface area contributed by atoms with Gasteiger partial charge in [-0.1, -0.05) is 31.2 Å². The number of halogens is 3. The number of alkyl halides is 3. The van der Waals surface area contributed by atoms with Crippen molar-refractivity contribution >= 4 is 0 Å². The number of likely N-dealkylation sites (tertiary alicyclic amines) is 1. The molecule has 1 saturated heterocycles. The van der Waals surface area contributed by atoms with Crippen LogP contribution in [0.4, 0.5) is 13.2 Å². The molecule has 192 valence electrons. The van der Waals surface area contributed by atoms with Crippen molar-refractivity contribution in [2.45, 2.75) is 56.4 Å². The summed E-state index contributed by atoms with van der Waals surface area (Å²) in [6, 6.07) is 8.09. The average molecular weight is 501 g/mol. The molecule has 0 unspecified atom stereocenters. The smallest absolute Gasteiger partial charge is 0.384 e. The Morgan fingerprint density at radius 3 is 2.11 bits per heavy atom. The van der Waals surface area contributed by atoms with Crippen LogP contribution in [0, 0.1) is 5.41 Å². The van der Waals surface area contributed by atoms with E-state index < -0.39 is 28.2 Å². The van der Waals surface area contributed by atoms with Gasteiger partial charge in [0.05, 0.1) is 29.3 Å². The van der Waals surface area contributed by atoms with Crippen molar-refractivity contribution in [1.82, 2.24) is 19.4 Å². The third kappa shape index (κ3) is 3.76. The fraction of sp³-hybridized carbons (Fsp3) is 0.481. The van der Waals surface area contributed by atoms with E-state index >= 15 is 0 Å². The first-order valence-corrected chi connectivity index (χ1v) is 12.0. The molecule has 5 rings (SSSR count). The first-order valence-electron chi connectivity index (χ1n) is 12.0. The molecule has 0 spiro atoms. The van der Waals surface area contributed by atoms with Crippen molar-refractivity contribution in [1.29, 1.82) is 0 Å². The Morgan fingerprint density at radius 1 is 0.972 bits per heavy atom. The first-order chi connectivity index (χ1) is 16.7. The van der Waals surface area contributed by atoms with E-state index in [2.05, 4.69) is 14.9 Å². The normalized spacial score (nSPS) is 21.0. The van der Waals surface area contributed by atoms with E-state index in [1.54, 1.807) is 55.5 Å². The van der Waals surface area contributed by atoms with E-state index in [0.717, 1.165) is 0 Å². The average Bonchev–Trinajstić information content (AvgIpc) is 3.47. The number of benzene rings is 1. The maximum atomic E-state index is 13.7. The van der Waals surface area contributed by atoms with Gasteiger partial charge in [0.15, 0.2) is 0 Å². The highest BCUT2D eigenvalue weighted by molar-refractivity contribution is 5.46. The molecule has 36 heavy (non-hydrogen) atoms. The lowest BCUT2D eigenvalue weighted by molar-refractivity contribution is -0.160. The maximum absolute atomic E-state index is 13.7. The Hall–Kier alpha value is -2.75. The van der Waals surface area contributed by atoms with Crippen LogP contribution >= 0.6 is 0 Å². The maximum Gasteiger partial charge on any atom is 0.398 e. The fourth-order valence-electron chi connectivity index (χ4n) is 5.68. The number of imidazole rings is 1. The highest BCUT2D eigenvalue weighted by Gasteiger charge is 2.64. The lowest BCUT2D eigenvalue weighted by Gasteiger charge is -2.55. The molecule has 0 bridgehead atoms. The lowest BCUT2D eigenvalue weighted by atomic mass is 9.62. The monoisotopic (exact) mass is 500 g/mol. The summed E-state index contributed by atoms with van der Waals surface area (Å²) in [6.07, 6.45) is 2.41. The zero-order valence-corrected chi connectivity index (χ0v) is 20.8. The number of pyridine rings is 1. The highest BCUT2D eigenvalue weighted by atomic mass is 19.4. The van der Waals surface area contributed by atoms with E-state index in [1.165, 1.54) is 12.1 Å². The molecule has 2 N–H and O–H groups in total. The van der Waals surface area contributed by atoms with Gasteiger partial charge in [-0.05, 0) is 50.9 Å². The number of hydrogen-bond acceptors (Lipinski definition) is 5. The molecule has 1 aliphatic heterocycles. The van der Waals surface area contributed by atoms with Crippen molar-refractivity contribution < 1.29 is 23.4 Å². The summed E-state index contributed by atoms with van der Waals surface area (Å²) in [5, 5.41) is 22.7. The van der Waals surface area contributed by atoms with Gasteiger partial charge < -0.3 is 19.7 Å². The molecule has 2 aliphatic rings. The van der Waals surface area contributed by atoms with Crippen LogP contribution in [-0.2, 0) is 16.6 Å². The minimum absolute atomic E-state index is 0.0894. The van der Waals surface area contributed by atoms with Crippen LogP contribution < -0.4 is 0 Å². The second-order valence-corrected chi connectivity index (χ2v) is 11.3. The summed E-state index contributed by atoms with van der Waals surface area (Å²) in [5.74, 6) is 0. The van der Waals surface area contributed by atoms with Crippen molar-refractivity contribution in [3.63, 3.8) is 0 Å². The van der Waals surface area contributed by atoms with E-state index in [9.17, 15) is 23.4 Å². The van der Waals surface area contributed by atoms with Crippen LogP contribution in [0.25, 0.3) is 5.69 Å². The van der Waals surface area contributed by atoms with Crippen LogP contribution in [-0.4, -0.2) is 56.0 Å². The Balaban J connectivity index is 1.57. The molecule has 1 atom stereocenters. The summed E-state index contributed by atoms with van der Waals surface area (Å²) < 4.78 is 42.7. The number of rotatable bonds is 6. The summed E-state index contributed by atoms with van der Waals surface area (Å²) in [6.45, 7) is 6.49. The Bertz CT molecular complexity index is 1270. The van der Waals surface area contributed by atoms with Gasteiger partial charge in [0.1, 0.15) is 11.2 Å². The lowest BCUT2D eigenvalue weighted by Crippen LogP contribution is -2.63. The van der Waals surface area contributed by atoms with Gasteiger partial charge >= 0.3 is 6.18 Å². The van der Waals surface area contributed by atoms with Gasteiger partial charge in [-0.2, -0.15) is 13.2 Å². The molecular formula is C27H31F3N4O2. The second-order valence-electron chi connectivity index (χ2n) is 11.3. The van der Waals surface area contributed by atoms with Crippen LogP contribution in [0.5, 0.6) is 0 Å². The molecule has 9 heteroatoms. The summed E-state index contributed by atoms with van der Waals surface area (Å²) in [4.78, 5) is 10.8. The van der Waals surface area contributed by atoms with E-state index in [-0.39, 0.29) is 18.4 Å². The topological polar surface area (TPSA) is 74.4 Å². The molecule has 1 saturated carbocycles. The zero-order valence-electron chi connectivity index (χ0n) is 20.8. The molecule has 3 heterocycles. The van der Waals surface area contributed by atoms with Gasteiger partial charge in [-0.3, -0.25) is 4.98 Å². The molecule has 2 fully saturated rings. The quantitative estimate of drug-likeness (QED) is 0.529. The van der Waals surface area contributed by atoms with Gasteiger partial charge in [-0.15, -0.1) is 0 Å². The molecule has 2 aromatic heterocycles. The standard InChI is InChI=1S/C27H31F3N4O2/c1-23(2,35)22-14-34(17-32-22)21-11-20(12-31-13-21)26(36,24(3)15-33(4)16-24)19-7-5-18(6-8-19)25(9-10-25)27(28,29)30/h5-8,11-14,17,35-36H,9-10,15-16H2,1-4H3/t26-/m0/s1. The molecule has 1 aromatic carbocycles. The number of hydrogen-bond donors (Lipinski definition) is 2. The van der Waals surface area contributed by atoms with Gasteiger partial charge in [0, 0.05) is 36.5 Å². The second kappa shape index (κ2) is 7.87. The molecule has 0 radical (unpaired) electrons. The Kier molecular flexibility index (Phi) is 5.45. The molecule has 0 amide bonds. The summed E-state index contributed by atoms with van der Waals surface area (Å²) in [5.41, 5.74) is -2.51. The van der Waals surface area contributed by atoms with Crippen LogP contribution in [0.1, 0.15) is 56.0 Å². The van der Waals surface area contributed by atoms with Crippen molar-refractivity contribution in [3.8, 4) is 5.69 Å². The SMILES string of the molecule is CN1CC(C)([C@](O)(c2ccc(C3(C(F)(F)F)CC3)cc2)c2cncc(-n3cnc(C(C)(C)O)c3)c2)C1. The molecule has 3 aromatic rings. The Labute approximate surface area is 208 Å². The van der Waals surface area contributed by atoms with E-state index in [4.69, 9.17) is 0 Å². The van der Waals surface area contributed by atoms with Crippen LogP contribution in [0.3, 0.4) is 0 Å². The number of aromatic nitrogens is 3.